The molecule has 8 heteroatoms. The van der Waals surface area contributed by atoms with Crippen LogP contribution in [0.2, 0.25) is 0 Å². The molecule has 0 bridgehead atoms. The Hall–Kier alpha value is -3.39. The van der Waals surface area contributed by atoms with E-state index in [2.05, 4.69) is 10.0 Å². The molecular weight excluding hydrogens is 368 g/mol. The van der Waals surface area contributed by atoms with E-state index in [0.717, 1.165) is 0 Å². The molecule has 7 nitrogen and oxygen atoms in total. The molecule has 0 spiro atoms. The molecule has 0 aliphatic heterocycles. The van der Waals surface area contributed by atoms with E-state index in [9.17, 15) is 18.0 Å². The lowest BCUT2D eigenvalue weighted by Gasteiger charge is -2.09. The first-order valence-electron chi connectivity index (χ1n) is 7.99. The predicted octanol–water partition coefficient (Wildman–Crippen LogP) is 2.98. The Morgan fingerprint density at radius 2 is 1.63 bits per heavy atom. The number of amides is 1. The normalized spacial score (nSPS) is 13.5. The van der Waals surface area contributed by atoms with Crippen molar-refractivity contribution in [3.05, 3.63) is 82.8 Å². The van der Waals surface area contributed by atoms with Gasteiger partial charge in [0.1, 0.15) is 0 Å². The van der Waals surface area contributed by atoms with Crippen LogP contribution in [0.15, 0.2) is 77.2 Å². The monoisotopic (exact) mass is 384 g/mol. The smallest absolute Gasteiger partial charge is 0.337 e. The minimum absolute atomic E-state index is 0.0111. The number of carboxylic acid groups (broad SMARTS) is 1. The van der Waals surface area contributed by atoms with Crippen LogP contribution >= 0.6 is 0 Å². The van der Waals surface area contributed by atoms with E-state index >= 15 is 0 Å². The lowest BCUT2D eigenvalue weighted by molar-refractivity contribution is -0.112. The number of nitrogens with one attached hydrogen (secondary N) is 2. The third kappa shape index (κ3) is 4.24. The number of carboxylic acids is 1. The highest BCUT2D eigenvalue weighted by molar-refractivity contribution is 7.96. The van der Waals surface area contributed by atoms with Gasteiger partial charge in [-0.3, -0.25) is 9.52 Å². The molecule has 0 saturated carbocycles. The molecule has 0 heterocycles. The fraction of sp³-hybridized carbons (Fsp3) is 0.0526. The molecule has 27 heavy (non-hydrogen) atoms. The summed E-state index contributed by atoms with van der Waals surface area (Å²) >= 11 is 0. The summed E-state index contributed by atoms with van der Waals surface area (Å²) in [4.78, 5) is 23.6. The topological polar surface area (TPSA) is 113 Å². The van der Waals surface area contributed by atoms with Crippen molar-refractivity contribution in [1.29, 1.82) is 0 Å². The quantitative estimate of drug-likeness (QED) is 0.709. The van der Waals surface area contributed by atoms with Crippen LogP contribution in [0.25, 0.3) is 0 Å². The number of aromatic carboxylic acids is 1. The van der Waals surface area contributed by atoms with Crippen molar-refractivity contribution in [3.8, 4) is 0 Å². The van der Waals surface area contributed by atoms with Crippen molar-refractivity contribution in [2.45, 2.75) is 6.42 Å². The van der Waals surface area contributed by atoms with Gasteiger partial charge in [0.15, 0.2) is 0 Å². The Morgan fingerprint density at radius 1 is 0.963 bits per heavy atom. The first-order valence-corrected chi connectivity index (χ1v) is 9.47. The number of carbonyl (C=O) groups excluding carboxylic acids is 1. The molecule has 138 valence electrons. The summed E-state index contributed by atoms with van der Waals surface area (Å²) < 4.78 is 27.3. The number of allylic oxidation sites excluding steroid dienone is 2. The number of anilines is 2. The molecule has 0 unspecified atom stereocenters. The summed E-state index contributed by atoms with van der Waals surface area (Å²) in [6.07, 6.45) is 2.85. The van der Waals surface area contributed by atoms with E-state index in [1.807, 2.05) is 0 Å². The lowest BCUT2D eigenvalue weighted by atomic mass is 10.1. The number of hydrogen-bond acceptors (Lipinski definition) is 4. The van der Waals surface area contributed by atoms with Gasteiger partial charge >= 0.3 is 5.97 Å². The van der Waals surface area contributed by atoms with Crippen LogP contribution < -0.4 is 10.0 Å². The first-order chi connectivity index (χ1) is 12.9. The van der Waals surface area contributed by atoms with E-state index in [1.165, 1.54) is 24.3 Å². The molecule has 1 aliphatic rings. The largest absolute Gasteiger partial charge is 0.478 e. The van der Waals surface area contributed by atoms with Gasteiger partial charge in [-0.25, -0.2) is 13.2 Å². The summed E-state index contributed by atoms with van der Waals surface area (Å²) in [7, 11) is -3.81. The predicted molar refractivity (Wildman–Crippen MR) is 102 cm³/mol. The van der Waals surface area contributed by atoms with Gasteiger partial charge in [-0.1, -0.05) is 36.4 Å². The lowest BCUT2D eigenvalue weighted by Crippen LogP contribution is -2.16. The van der Waals surface area contributed by atoms with E-state index < -0.39 is 21.9 Å². The standard InChI is InChI=1S/C19H16N2O5S/c22-18(20-17-9-5-4-8-16(17)19(23)24)13-10-11-15(12-13)27(25,26)21-14-6-2-1-3-7-14/h1-9,11-12,21H,10H2,(H,20,22)(H,23,24). The van der Waals surface area contributed by atoms with Crippen molar-refractivity contribution in [2.24, 2.45) is 0 Å². The third-order valence-electron chi connectivity index (χ3n) is 3.87. The second-order valence-corrected chi connectivity index (χ2v) is 7.44. The molecular formula is C19H16N2O5S. The van der Waals surface area contributed by atoms with Crippen LogP contribution in [0.1, 0.15) is 16.8 Å². The number of hydrogen-bond donors (Lipinski definition) is 3. The molecule has 0 aromatic heterocycles. The third-order valence-corrected chi connectivity index (χ3v) is 5.28. The second kappa shape index (κ2) is 7.46. The highest BCUT2D eigenvalue weighted by atomic mass is 32.2. The molecule has 3 N–H and O–H groups in total. The first kappa shape index (κ1) is 18.4. The van der Waals surface area contributed by atoms with Crippen molar-refractivity contribution in [1.82, 2.24) is 0 Å². The molecule has 1 amide bonds. The van der Waals surface area contributed by atoms with E-state index in [0.29, 0.717) is 5.69 Å². The molecule has 0 fully saturated rings. The molecule has 2 aromatic rings. The molecule has 0 atom stereocenters. The van der Waals surface area contributed by atoms with Crippen LogP contribution in [-0.4, -0.2) is 25.4 Å². The number of benzene rings is 2. The summed E-state index contributed by atoms with van der Waals surface area (Å²) in [5.41, 5.74) is 0.745. The van der Waals surface area contributed by atoms with Gasteiger partial charge in [-0.15, -0.1) is 0 Å². The molecule has 0 radical (unpaired) electrons. The van der Waals surface area contributed by atoms with Crippen molar-refractivity contribution >= 4 is 33.3 Å². The van der Waals surface area contributed by atoms with Crippen LogP contribution in [-0.2, 0) is 14.8 Å². The fourth-order valence-corrected chi connectivity index (χ4v) is 3.71. The Bertz CT molecular complexity index is 1060. The maximum atomic E-state index is 12.4. The summed E-state index contributed by atoms with van der Waals surface area (Å²) in [6.45, 7) is 0. The summed E-state index contributed by atoms with van der Waals surface area (Å²) in [6, 6.07) is 14.4. The zero-order chi connectivity index (χ0) is 19.4. The zero-order valence-corrected chi connectivity index (χ0v) is 14.9. The van der Waals surface area contributed by atoms with Gasteiger partial charge < -0.3 is 10.4 Å². The SMILES string of the molecule is O=C(Nc1ccccc1C(=O)O)C1=CC(S(=O)(=O)Nc2ccccc2)=CC1. The number of sulfonamides is 1. The average molecular weight is 384 g/mol. The zero-order valence-electron chi connectivity index (χ0n) is 14.0. The molecule has 1 aliphatic carbocycles. The van der Waals surface area contributed by atoms with Crippen LogP contribution in [0.4, 0.5) is 11.4 Å². The van der Waals surface area contributed by atoms with Gasteiger partial charge in [0.25, 0.3) is 15.9 Å². The van der Waals surface area contributed by atoms with Crippen LogP contribution in [0, 0.1) is 0 Å². The van der Waals surface area contributed by atoms with Gasteiger partial charge in [-0.2, -0.15) is 0 Å². The van der Waals surface area contributed by atoms with Gasteiger partial charge in [0.05, 0.1) is 16.2 Å². The van der Waals surface area contributed by atoms with Gasteiger partial charge in [0, 0.05) is 11.3 Å². The second-order valence-electron chi connectivity index (χ2n) is 5.76. The fourth-order valence-electron chi connectivity index (χ4n) is 2.55. The van der Waals surface area contributed by atoms with Gasteiger partial charge in [0.2, 0.25) is 0 Å². The van der Waals surface area contributed by atoms with Gasteiger partial charge in [-0.05, 0) is 36.8 Å². The Kier molecular flexibility index (Phi) is 5.09. The minimum Gasteiger partial charge on any atom is -0.478 e. The summed E-state index contributed by atoms with van der Waals surface area (Å²) in [5.74, 6) is -1.72. The number of para-hydroxylation sites is 2. The van der Waals surface area contributed by atoms with Crippen molar-refractivity contribution in [2.75, 3.05) is 10.0 Å². The molecule has 2 aromatic carbocycles. The number of carbonyl (C=O) groups is 2. The Labute approximate surface area is 156 Å². The van der Waals surface area contributed by atoms with E-state index in [1.54, 1.807) is 42.5 Å². The summed E-state index contributed by atoms with van der Waals surface area (Å²) in [5, 5.41) is 11.7. The maximum absolute atomic E-state index is 12.4. The molecule has 3 rings (SSSR count). The molecule has 0 saturated heterocycles. The minimum atomic E-state index is -3.81. The Morgan fingerprint density at radius 3 is 2.33 bits per heavy atom. The average Bonchev–Trinajstić information content (AvgIpc) is 3.14. The van der Waals surface area contributed by atoms with Crippen LogP contribution in [0.3, 0.4) is 0 Å². The van der Waals surface area contributed by atoms with Crippen molar-refractivity contribution in [3.63, 3.8) is 0 Å². The Balaban J connectivity index is 1.75. The van der Waals surface area contributed by atoms with E-state index in [-0.39, 0.29) is 28.1 Å². The highest BCUT2D eigenvalue weighted by Crippen LogP contribution is 2.25. The van der Waals surface area contributed by atoms with E-state index in [4.69, 9.17) is 5.11 Å². The maximum Gasteiger partial charge on any atom is 0.337 e. The number of rotatable bonds is 6. The van der Waals surface area contributed by atoms with Crippen LogP contribution in [0.5, 0.6) is 0 Å². The highest BCUT2D eigenvalue weighted by Gasteiger charge is 2.24. The van der Waals surface area contributed by atoms with Crippen molar-refractivity contribution < 1.29 is 23.1 Å².